The highest BCUT2D eigenvalue weighted by Crippen LogP contribution is 2.23. The molecule has 1 heterocycles. The van der Waals surface area contributed by atoms with E-state index in [2.05, 4.69) is 5.32 Å². The fraction of sp³-hybridized carbons (Fsp3) is 0.769. The van der Waals surface area contributed by atoms with Gasteiger partial charge in [0.15, 0.2) is 12.5 Å². The van der Waals surface area contributed by atoms with Crippen molar-refractivity contribution >= 4 is 6.29 Å². The first-order valence-electron chi connectivity index (χ1n) is 7.28. The summed E-state index contributed by atoms with van der Waals surface area (Å²) in [7, 11) is 0. The molecule has 0 radical (unpaired) electrons. The van der Waals surface area contributed by atoms with E-state index in [1.807, 2.05) is 6.92 Å². The van der Waals surface area contributed by atoms with E-state index in [0.29, 0.717) is 24.9 Å². The van der Waals surface area contributed by atoms with Crippen LogP contribution in [0.4, 0.5) is 0 Å². The average Bonchev–Trinajstić information content (AvgIpc) is 2.52. The SMILES string of the molecule is CCCNCC/C(=C/N)N(N)C1OC(C=O)C(O)C(O)C1O. The third-order valence-corrected chi connectivity index (χ3v) is 3.54. The van der Waals surface area contributed by atoms with Crippen molar-refractivity contribution in [1.29, 1.82) is 0 Å². The van der Waals surface area contributed by atoms with Crippen LogP contribution >= 0.6 is 0 Å². The van der Waals surface area contributed by atoms with Gasteiger partial charge in [-0.1, -0.05) is 6.92 Å². The van der Waals surface area contributed by atoms with Gasteiger partial charge in [-0.3, -0.25) is 5.01 Å². The quantitative estimate of drug-likeness (QED) is 0.122. The molecular weight excluding hydrogens is 292 g/mol. The Morgan fingerprint density at radius 2 is 1.95 bits per heavy atom. The van der Waals surface area contributed by atoms with Crippen LogP contribution in [0.25, 0.3) is 0 Å². The van der Waals surface area contributed by atoms with Crippen molar-refractivity contribution in [2.24, 2.45) is 11.6 Å². The number of rotatable bonds is 8. The number of nitrogens with zero attached hydrogens (tertiary/aromatic N) is 1. The number of hydrogen-bond donors (Lipinski definition) is 6. The van der Waals surface area contributed by atoms with Gasteiger partial charge in [-0.25, -0.2) is 5.84 Å². The van der Waals surface area contributed by atoms with Crippen molar-refractivity contribution < 1.29 is 24.9 Å². The number of carbonyl (C=O) groups is 1. The van der Waals surface area contributed by atoms with E-state index in [-0.39, 0.29) is 0 Å². The number of hydrazine groups is 1. The minimum Gasteiger partial charge on any atom is -0.403 e. The molecule has 1 saturated heterocycles. The molecule has 5 unspecified atom stereocenters. The number of aliphatic hydroxyl groups is 3. The minimum atomic E-state index is -1.54. The highest BCUT2D eigenvalue weighted by Gasteiger charge is 2.45. The third kappa shape index (κ3) is 4.38. The van der Waals surface area contributed by atoms with Crippen molar-refractivity contribution in [3.05, 3.63) is 11.9 Å². The summed E-state index contributed by atoms with van der Waals surface area (Å²) in [6.45, 7) is 3.51. The summed E-state index contributed by atoms with van der Waals surface area (Å²) in [6.07, 6.45) is -3.89. The van der Waals surface area contributed by atoms with Gasteiger partial charge in [-0.2, -0.15) is 0 Å². The Kier molecular flexibility index (Phi) is 7.73. The smallest absolute Gasteiger partial charge is 0.173 e. The van der Waals surface area contributed by atoms with Crippen LogP contribution in [-0.4, -0.2) is 70.3 Å². The Morgan fingerprint density at radius 3 is 2.50 bits per heavy atom. The molecule has 0 spiro atoms. The lowest BCUT2D eigenvalue weighted by Crippen LogP contribution is -2.64. The van der Waals surface area contributed by atoms with Crippen LogP contribution < -0.4 is 16.9 Å². The van der Waals surface area contributed by atoms with Crippen LogP contribution in [0.1, 0.15) is 19.8 Å². The summed E-state index contributed by atoms with van der Waals surface area (Å²) in [5, 5.41) is 33.7. The molecule has 1 fully saturated rings. The standard InChI is InChI=1S/C13H26N4O5/c1-2-4-16-5-3-8(6-14)17(15)13-12(21)11(20)10(19)9(7-18)22-13/h6-7,9-13,16,19-21H,2-5,14-15H2,1H3/b8-6-. The molecular formula is C13H26N4O5. The molecule has 8 N–H and O–H groups in total. The Labute approximate surface area is 129 Å². The molecule has 9 heteroatoms. The molecule has 0 aromatic rings. The molecule has 9 nitrogen and oxygen atoms in total. The van der Waals surface area contributed by atoms with E-state index < -0.39 is 30.6 Å². The van der Waals surface area contributed by atoms with E-state index >= 15 is 0 Å². The maximum atomic E-state index is 10.9. The summed E-state index contributed by atoms with van der Waals surface area (Å²) in [6, 6.07) is 0. The minimum absolute atomic E-state index is 0.356. The molecule has 0 saturated carbocycles. The maximum Gasteiger partial charge on any atom is 0.173 e. The molecule has 1 aliphatic heterocycles. The van der Waals surface area contributed by atoms with E-state index in [1.165, 1.54) is 6.20 Å². The summed E-state index contributed by atoms with van der Waals surface area (Å²) in [5.41, 5.74) is 6.01. The molecule has 0 aliphatic carbocycles. The van der Waals surface area contributed by atoms with Gasteiger partial charge in [0.1, 0.15) is 24.4 Å². The number of ether oxygens (including phenoxy) is 1. The lowest BCUT2D eigenvalue weighted by atomic mass is 9.98. The van der Waals surface area contributed by atoms with Crippen LogP contribution in [0.2, 0.25) is 0 Å². The second-order valence-corrected chi connectivity index (χ2v) is 5.16. The van der Waals surface area contributed by atoms with Crippen LogP contribution in [0.15, 0.2) is 11.9 Å². The summed E-state index contributed by atoms with van der Waals surface area (Å²) in [5.74, 6) is 5.90. The fourth-order valence-corrected chi connectivity index (χ4v) is 2.21. The second-order valence-electron chi connectivity index (χ2n) is 5.16. The number of aldehydes is 1. The monoisotopic (exact) mass is 318 g/mol. The predicted octanol–water partition coefficient (Wildman–Crippen LogP) is -2.64. The number of hydrogen-bond acceptors (Lipinski definition) is 9. The van der Waals surface area contributed by atoms with E-state index in [0.717, 1.165) is 18.0 Å². The predicted molar refractivity (Wildman–Crippen MR) is 78.8 cm³/mol. The van der Waals surface area contributed by atoms with Gasteiger partial charge < -0.3 is 35.9 Å². The topological polar surface area (TPSA) is 154 Å². The summed E-state index contributed by atoms with van der Waals surface area (Å²) < 4.78 is 5.26. The number of aliphatic hydroxyl groups excluding tert-OH is 3. The van der Waals surface area contributed by atoms with E-state index in [4.69, 9.17) is 16.3 Å². The molecule has 1 aliphatic rings. The summed E-state index contributed by atoms with van der Waals surface area (Å²) >= 11 is 0. The highest BCUT2D eigenvalue weighted by molar-refractivity contribution is 5.57. The van der Waals surface area contributed by atoms with Gasteiger partial charge in [-0.05, 0) is 13.0 Å². The first kappa shape index (κ1) is 18.8. The van der Waals surface area contributed by atoms with Gasteiger partial charge in [0, 0.05) is 24.9 Å². The number of nitrogens with one attached hydrogen (secondary N) is 1. The lowest BCUT2D eigenvalue weighted by molar-refractivity contribution is -0.246. The zero-order valence-corrected chi connectivity index (χ0v) is 12.6. The van der Waals surface area contributed by atoms with E-state index in [9.17, 15) is 20.1 Å². The molecule has 128 valence electrons. The first-order chi connectivity index (χ1) is 10.5. The highest BCUT2D eigenvalue weighted by atomic mass is 16.6. The van der Waals surface area contributed by atoms with Crippen LogP contribution in [0.3, 0.4) is 0 Å². The van der Waals surface area contributed by atoms with Crippen molar-refractivity contribution in [3.63, 3.8) is 0 Å². The maximum absolute atomic E-state index is 10.9. The Bertz CT molecular complexity index is 381. The second kappa shape index (κ2) is 9.03. The fourth-order valence-electron chi connectivity index (χ4n) is 2.21. The number of nitrogens with two attached hydrogens (primary N) is 2. The van der Waals surface area contributed by atoms with Crippen molar-refractivity contribution in [1.82, 2.24) is 10.3 Å². The first-order valence-corrected chi connectivity index (χ1v) is 7.28. The van der Waals surface area contributed by atoms with Gasteiger partial charge in [0.05, 0.1) is 0 Å². The Balaban J connectivity index is 2.71. The molecule has 22 heavy (non-hydrogen) atoms. The molecule has 0 aromatic heterocycles. The normalized spacial score (nSPS) is 32.8. The van der Waals surface area contributed by atoms with Crippen LogP contribution in [-0.2, 0) is 9.53 Å². The Morgan fingerprint density at radius 1 is 1.27 bits per heavy atom. The van der Waals surface area contributed by atoms with Gasteiger partial charge in [0.25, 0.3) is 0 Å². The zero-order chi connectivity index (χ0) is 16.7. The van der Waals surface area contributed by atoms with Gasteiger partial charge in [-0.15, -0.1) is 0 Å². The van der Waals surface area contributed by atoms with E-state index in [1.54, 1.807) is 0 Å². The average molecular weight is 318 g/mol. The molecule has 0 amide bonds. The van der Waals surface area contributed by atoms with Crippen molar-refractivity contribution in [2.75, 3.05) is 13.1 Å². The largest absolute Gasteiger partial charge is 0.403 e. The number of carbonyl (C=O) groups excluding carboxylic acids is 1. The zero-order valence-electron chi connectivity index (χ0n) is 12.6. The van der Waals surface area contributed by atoms with Crippen molar-refractivity contribution in [3.8, 4) is 0 Å². The molecule has 0 bridgehead atoms. The Hall–Kier alpha value is -1.23. The molecule has 1 rings (SSSR count). The molecule has 0 aromatic carbocycles. The van der Waals surface area contributed by atoms with Gasteiger partial charge >= 0.3 is 0 Å². The van der Waals surface area contributed by atoms with Crippen LogP contribution in [0, 0.1) is 0 Å². The van der Waals surface area contributed by atoms with Crippen molar-refractivity contribution in [2.45, 2.75) is 50.4 Å². The third-order valence-electron chi connectivity index (χ3n) is 3.54. The molecule has 5 atom stereocenters. The lowest BCUT2D eigenvalue weighted by Gasteiger charge is -2.43. The summed E-state index contributed by atoms with van der Waals surface area (Å²) in [4.78, 5) is 10.9. The van der Waals surface area contributed by atoms with Gasteiger partial charge in [0.2, 0.25) is 0 Å². The van der Waals surface area contributed by atoms with Crippen LogP contribution in [0.5, 0.6) is 0 Å².